The summed E-state index contributed by atoms with van der Waals surface area (Å²) in [6.07, 6.45) is 0.859. The second kappa shape index (κ2) is 2.66. The topological polar surface area (TPSA) is 95.6 Å². The minimum Gasteiger partial charge on any atom is -0.309 e. The first kappa shape index (κ1) is 8.42. The lowest BCUT2D eigenvalue weighted by Crippen LogP contribution is -2.49. The second-order valence-electron chi connectivity index (χ2n) is 2.75. The summed E-state index contributed by atoms with van der Waals surface area (Å²) >= 11 is 0. The van der Waals surface area contributed by atoms with Crippen molar-refractivity contribution < 1.29 is 19.2 Å². The molecule has 0 spiro atoms. The highest BCUT2D eigenvalue weighted by atomic mass is 16.2. The molecule has 0 bridgehead atoms. The van der Waals surface area contributed by atoms with E-state index >= 15 is 0 Å². The molecule has 0 radical (unpaired) electrons. The van der Waals surface area contributed by atoms with Crippen molar-refractivity contribution in [2.24, 2.45) is 0 Å². The fourth-order valence-corrected chi connectivity index (χ4v) is 1.25. The van der Waals surface area contributed by atoms with E-state index in [2.05, 4.69) is 5.32 Å². The van der Waals surface area contributed by atoms with Crippen molar-refractivity contribution in [3.8, 4) is 0 Å². The average Bonchev–Trinajstić information content (AvgIpc) is 2.57. The Morgan fingerprint density at radius 2 is 1.64 bits per heavy atom. The van der Waals surface area contributed by atoms with E-state index in [-0.39, 0.29) is 0 Å². The molecule has 0 saturated carbocycles. The molecular formula is C7H5N3O4. The van der Waals surface area contributed by atoms with E-state index in [1.807, 2.05) is 5.32 Å². The summed E-state index contributed by atoms with van der Waals surface area (Å²) in [6, 6.07) is -0.715. The monoisotopic (exact) mass is 195 g/mol. The molecule has 2 aliphatic heterocycles. The zero-order valence-electron chi connectivity index (χ0n) is 6.81. The van der Waals surface area contributed by atoms with Gasteiger partial charge in [-0.25, -0.2) is 9.69 Å². The predicted molar refractivity (Wildman–Crippen MR) is 41.5 cm³/mol. The molecule has 0 aromatic rings. The number of carbonyl (C=O) groups is 4. The molecule has 2 heterocycles. The van der Waals surface area contributed by atoms with E-state index in [1.54, 1.807) is 0 Å². The normalized spacial score (nSPS) is 25.7. The molecule has 1 saturated heterocycles. The van der Waals surface area contributed by atoms with Gasteiger partial charge in [-0.3, -0.25) is 19.7 Å². The molecule has 7 nitrogen and oxygen atoms in total. The zero-order valence-corrected chi connectivity index (χ0v) is 6.81. The van der Waals surface area contributed by atoms with Crippen LogP contribution in [0.15, 0.2) is 12.2 Å². The third-order valence-corrected chi connectivity index (χ3v) is 1.85. The van der Waals surface area contributed by atoms with Crippen LogP contribution in [0.5, 0.6) is 0 Å². The number of hydrogen-bond acceptors (Lipinski definition) is 4. The lowest BCUT2D eigenvalue weighted by molar-refractivity contribution is -0.144. The fraction of sp³-hybridized carbons (Fsp3) is 0.143. The van der Waals surface area contributed by atoms with Gasteiger partial charge in [-0.05, 0) is 0 Å². The maximum atomic E-state index is 11.1. The second-order valence-corrected chi connectivity index (χ2v) is 2.75. The van der Waals surface area contributed by atoms with Gasteiger partial charge in [0.2, 0.25) is 0 Å². The lowest BCUT2D eigenvalue weighted by atomic mass is 10.4. The van der Waals surface area contributed by atoms with Crippen LogP contribution in [0.2, 0.25) is 0 Å². The van der Waals surface area contributed by atoms with E-state index in [4.69, 9.17) is 0 Å². The molecule has 0 aliphatic carbocycles. The maximum Gasteiger partial charge on any atom is 0.323 e. The van der Waals surface area contributed by atoms with Gasteiger partial charge >= 0.3 is 6.03 Å². The standard InChI is InChI=1S/C7H5N3O4/c11-3-1-2-4(12)10(3)5-6(13)9-7(14)8-5/h1-2,5H,(H2,8,9,13,14). The molecule has 14 heavy (non-hydrogen) atoms. The Bertz CT molecular complexity index is 368. The summed E-state index contributed by atoms with van der Waals surface area (Å²) in [5.41, 5.74) is 0. The van der Waals surface area contributed by atoms with E-state index < -0.39 is 29.9 Å². The summed E-state index contributed by atoms with van der Waals surface area (Å²) in [5, 5.41) is 4.07. The molecule has 0 aromatic carbocycles. The largest absolute Gasteiger partial charge is 0.323 e. The molecule has 2 N–H and O–H groups in total. The van der Waals surface area contributed by atoms with Gasteiger partial charge < -0.3 is 5.32 Å². The quantitative estimate of drug-likeness (QED) is 0.376. The lowest BCUT2D eigenvalue weighted by Gasteiger charge is -2.18. The summed E-state index contributed by atoms with van der Waals surface area (Å²) in [7, 11) is 0. The highest BCUT2D eigenvalue weighted by molar-refractivity contribution is 6.17. The highest BCUT2D eigenvalue weighted by Crippen LogP contribution is 2.09. The first-order valence-electron chi connectivity index (χ1n) is 3.76. The van der Waals surface area contributed by atoms with Gasteiger partial charge in [0.15, 0.2) is 6.17 Å². The molecule has 2 aliphatic rings. The fourth-order valence-electron chi connectivity index (χ4n) is 1.25. The highest BCUT2D eigenvalue weighted by Gasteiger charge is 2.41. The summed E-state index contributed by atoms with van der Waals surface area (Å²) < 4.78 is 0. The van der Waals surface area contributed by atoms with Crippen LogP contribution in [0.3, 0.4) is 0 Å². The Morgan fingerprint density at radius 1 is 1.07 bits per heavy atom. The first-order valence-corrected chi connectivity index (χ1v) is 3.76. The molecule has 72 valence electrons. The summed E-state index contributed by atoms with van der Waals surface area (Å²) in [5.74, 6) is -1.94. The third-order valence-electron chi connectivity index (χ3n) is 1.85. The number of nitrogens with zero attached hydrogens (tertiary/aromatic N) is 1. The number of imide groups is 2. The zero-order chi connectivity index (χ0) is 10.3. The molecule has 5 amide bonds. The van der Waals surface area contributed by atoms with Crippen LogP contribution in [-0.2, 0) is 14.4 Å². The van der Waals surface area contributed by atoms with Gasteiger partial charge in [-0.1, -0.05) is 0 Å². The van der Waals surface area contributed by atoms with Gasteiger partial charge in [0.1, 0.15) is 0 Å². The molecule has 0 aromatic heterocycles. The smallest absolute Gasteiger partial charge is 0.309 e. The number of urea groups is 1. The first-order chi connectivity index (χ1) is 6.59. The SMILES string of the molecule is O=C1NC(=O)C(N2C(=O)C=CC2=O)N1. The van der Waals surface area contributed by atoms with E-state index in [9.17, 15) is 19.2 Å². The van der Waals surface area contributed by atoms with Crippen molar-refractivity contribution in [1.82, 2.24) is 15.5 Å². The van der Waals surface area contributed by atoms with Crippen LogP contribution in [0.4, 0.5) is 4.79 Å². The predicted octanol–water partition coefficient (Wildman–Crippen LogP) is -1.92. The van der Waals surface area contributed by atoms with Gasteiger partial charge in [0.25, 0.3) is 17.7 Å². The van der Waals surface area contributed by atoms with Crippen molar-refractivity contribution >= 4 is 23.8 Å². The average molecular weight is 195 g/mol. The molecule has 7 heteroatoms. The molecule has 1 fully saturated rings. The van der Waals surface area contributed by atoms with Crippen molar-refractivity contribution in [1.29, 1.82) is 0 Å². The van der Waals surface area contributed by atoms with Crippen LogP contribution in [0.1, 0.15) is 0 Å². The maximum absolute atomic E-state index is 11.1. The Hall–Kier alpha value is -2.18. The van der Waals surface area contributed by atoms with Gasteiger partial charge in [-0.15, -0.1) is 0 Å². The Labute approximate surface area is 77.7 Å². The van der Waals surface area contributed by atoms with E-state index in [1.165, 1.54) is 0 Å². The van der Waals surface area contributed by atoms with Crippen molar-refractivity contribution in [3.05, 3.63) is 12.2 Å². The van der Waals surface area contributed by atoms with Gasteiger partial charge in [0, 0.05) is 12.2 Å². The van der Waals surface area contributed by atoms with Crippen LogP contribution < -0.4 is 10.6 Å². The number of amides is 5. The Kier molecular flexibility index (Phi) is 1.60. The summed E-state index contributed by atoms with van der Waals surface area (Å²) in [4.78, 5) is 44.7. The van der Waals surface area contributed by atoms with Crippen LogP contribution in [-0.4, -0.2) is 34.8 Å². The molecule has 2 rings (SSSR count). The van der Waals surface area contributed by atoms with Gasteiger partial charge in [-0.2, -0.15) is 0 Å². The molecule has 1 atom stereocenters. The van der Waals surface area contributed by atoms with Crippen molar-refractivity contribution in [2.45, 2.75) is 6.17 Å². The van der Waals surface area contributed by atoms with Crippen LogP contribution >= 0.6 is 0 Å². The van der Waals surface area contributed by atoms with Gasteiger partial charge in [0.05, 0.1) is 0 Å². The minimum absolute atomic E-state index is 0.614. The molecular weight excluding hydrogens is 190 g/mol. The molecule has 1 unspecified atom stereocenters. The Morgan fingerprint density at radius 3 is 2.07 bits per heavy atom. The number of nitrogens with one attached hydrogen (secondary N) is 2. The van der Waals surface area contributed by atoms with E-state index in [0.717, 1.165) is 12.2 Å². The Balaban J connectivity index is 2.24. The van der Waals surface area contributed by atoms with E-state index in [0.29, 0.717) is 4.90 Å². The van der Waals surface area contributed by atoms with Crippen molar-refractivity contribution in [3.63, 3.8) is 0 Å². The number of rotatable bonds is 1. The van der Waals surface area contributed by atoms with Crippen LogP contribution in [0.25, 0.3) is 0 Å². The minimum atomic E-state index is -1.22. The van der Waals surface area contributed by atoms with Crippen molar-refractivity contribution in [2.75, 3.05) is 0 Å². The number of carbonyl (C=O) groups excluding carboxylic acids is 4. The van der Waals surface area contributed by atoms with Crippen LogP contribution in [0, 0.1) is 0 Å². The number of hydrogen-bond donors (Lipinski definition) is 2. The summed E-state index contributed by atoms with van der Waals surface area (Å²) in [6.45, 7) is 0. The third kappa shape index (κ3) is 1.06.